The van der Waals surface area contributed by atoms with Gasteiger partial charge in [-0.15, -0.1) is 0 Å². The minimum atomic E-state index is -1.18. The summed E-state index contributed by atoms with van der Waals surface area (Å²) < 4.78 is 5.69. The van der Waals surface area contributed by atoms with E-state index < -0.39 is 24.1 Å². The van der Waals surface area contributed by atoms with Crippen molar-refractivity contribution < 1.29 is 29.0 Å². The number of nitrogens with zero attached hydrogens (tertiary/aromatic N) is 1. The Kier molecular flexibility index (Phi) is 11.3. The van der Waals surface area contributed by atoms with Gasteiger partial charge in [-0.1, -0.05) is 31.4 Å². The van der Waals surface area contributed by atoms with Crippen LogP contribution in [0.5, 0.6) is 0 Å². The van der Waals surface area contributed by atoms with Gasteiger partial charge in [-0.25, -0.2) is 4.79 Å². The van der Waals surface area contributed by atoms with Crippen LogP contribution >= 0.6 is 0 Å². The molecule has 0 rings (SSSR count). The molecule has 6 heteroatoms. The Bertz CT molecular complexity index is 401. The van der Waals surface area contributed by atoms with E-state index in [-0.39, 0.29) is 6.42 Å². The van der Waals surface area contributed by atoms with Gasteiger partial charge in [-0.05, 0) is 26.2 Å². The molecule has 0 bridgehead atoms. The van der Waals surface area contributed by atoms with Gasteiger partial charge in [0.05, 0.1) is 27.6 Å². The van der Waals surface area contributed by atoms with Crippen molar-refractivity contribution in [3.8, 4) is 0 Å². The van der Waals surface area contributed by atoms with Crippen LogP contribution in [0.4, 0.5) is 0 Å². The van der Waals surface area contributed by atoms with Crippen molar-refractivity contribution in [1.29, 1.82) is 0 Å². The van der Waals surface area contributed by atoms with Crippen LogP contribution in [0.25, 0.3) is 0 Å². The largest absolute Gasteiger partial charge is 0.481 e. The van der Waals surface area contributed by atoms with Crippen molar-refractivity contribution in [2.24, 2.45) is 0 Å². The number of aliphatic hydroxyl groups excluding tert-OH is 1. The maximum atomic E-state index is 11.9. The summed E-state index contributed by atoms with van der Waals surface area (Å²) >= 11 is 0. The fraction of sp³-hybridized carbons (Fsp3) is 0.778. The minimum Gasteiger partial charge on any atom is -0.481 e. The average Bonchev–Trinajstić information content (AvgIpc) is 2.43. The molecule has 2 N–H and O–H groups in total. The summed E-state index contributed by atoms with van der Waals surface area (Å²) in [4.78, 5) is 22.8. The zero-order valence-electron chi connectivity index (χ0n) is 15.5. The van der Waals surface area contributed by atoms with Crippen LogP contribution in [0.2, 0.25) is 0 Å². The summed E-state index contributed by atoms with van der Waals surface area (Å²) in [6.45, 7) is 2.38. The molecule has 0 aliphatic rings. The van der Waals surface area contributed by atoms with Gasteiger partial charge in [0.15, 0.2) is 12.2 Å². The molecule has 0 aromatic rings. The highest BCUT2D eigenvalue weighted by molar-refractivity contribution is 5.75. The highest BCUT2D eigenvalue weighted by Gasteiger charge is 2.27. The molecule has 2 unspecified atom stereocenters. The third-order valence-electron chi connectivity index (χ3n) is 3.54. The number of ether oxygens (including phenoxy) is 1. The quantitative estimate of drug-likeness (QED) is 0.232. The van der Waals surface area contributed by atoms with Crippen LogP contribution in [0.1, 0.15) is 51.9 Å². The third-order valence-corrected chi connectivity index (χ3v) is 3.54. The van der Waals surface area contributed by atoms with Gasteiger partial charge in [-0.3, -0.25) is 4.79 Å². The van der Waals surface area contributed by atoms with Crippen molar-refractivity contribution >= 4 is 11.9 Å². The standard InChI is InChI=1S/C18H33NO5/c1-5-6-7-8-9-10-11-12-16(20)18(23)24-15(13-17(21)22)14-19(2,3)4/h5-6,15-16,20H,7-14H2,1-4H3/p+1/b6-5+. The zero-order valence-corrected chi connectivity index (χ0v) is 15.5. The monoisotopic (exact) mass is 344 g/mol. The summed E-state index contributed by atoms with van der Waals surface area (Å²) in [5.74, 6) is -1.74. The molecule has 0 radical (unpaired) electrons. The summed E-state index contributed by atoms with van der Waals surface area (Å²) in [6.07, 6.45) is 7.30. The number of hydrogen-bond acceptors (Lipinski definition) is 4. The van der Waals surface area contributed by atoms with Gasteiger partial charge in [0, 0.05) is 0 Å². The highest BCUT2D eigenvalue weighted by Crippen LogP contribution is 2.11. The summed E-state index contributed by atoms with van der Waals surface area (Å²) in [7, 11) is 5.69. The molecule has 0 saturated heterocycles. The SMILES string of the molecule is C/C=C/CCCCCCC(O)C(=O)OC(CC(=O)O)C[N+](C)(C)C. The van der Waals surface area contributed by atoms with Gasteiger partial charge in [0.1, 0.15) is 6.54 Å². The number of hydrogen-bond donors (Lipinski definition) is 2. The van der Waals surface area contributed by atoms with E-state index in [0.29, 0.717) is 17.4 Å². The lowest BCUT2D eigenvalue weighted by atomic mass is 10.1. The van der Waals surface area contributed by atoms with E-state index in [1.807, 2.05) is 34.1 Å². The van der Waals surface area contributed by atoms with E-state index in [2.05, 4.69) is 6.08 Å². The van der Waals surface area contributed by atoms with Crippen molar-refractivity contribution in [2.45, 2.75) is 64.1 Å². The van der Waals surface area contributed by atoms with E-state index in [1.54, 1.807) is 0 Å². The molecule has 140 valence electrons. The summed E-state index contributed by atoms with van der Waals surface area (Å²) in [5.41, 5.74) is 0. The van der Waals surface area contributed by atoms with Gasteiger partial charge >= 0.3 is 11.9 Å². The number of quaternary nitrogens is 1. The second kappa shape index (κ2) is 12.0. The molecule has 6 nitrogen and oxygen atoms in total. The maximum Gasteiger partial charge on any atom is 0.335 e. The predicted octanol–water partition coefficient (Wildman–Crippen LogP) is 2.36. The number of carboxylic acids is 1. The highest BCUT2D eigenvalue weighted by atomic mass is 16.6. The number of aliphatic hydroxyl groups is 1. The molecule has 0 aromatic carbocycles. The first-order chi connectivity index (χ1) is 11.2. The fourth-order valence-electron chi connectivity index (χ4n) is 2.43. The van der Waals surface area contributed by atoms with Gasteiger partial charge in [-0.2, -0.15) is 0 Å². The first kappa shape index (κ1) is 22.6. The Morgan fingerprint density at radius 2 is 1.75 bits per heavy atom. The molecule has 0 fully saturated rings. The second-order valence-corrected chi connectivity index (χ2v) is 7.21. The third kappa shape index (κ3) is 13.1. The lowest BCUT2D eigenvalue weighted by Crippen LogP contribution is -2.44. The smallest absolute Gasteiger partial charge is 0.335 e. The van der Waals surface area contributed by atoms with Gasteiger partial charge in [0.2, 0.25) is 0 Å². The minimum absolute atomic E-state index is 0.251. The molecule has 0 heterocycles. The molecular formula is C18H34NO5+. The first-order valence-electron chi connectivity index (χ1n) is 8.67. The number of carboxylic acid groups (broad SMARTS) is 1. The normalized spacial score (nSPS) is 14.5. The van der Waals surface area contributed by atoms with Crippen LogP contribution in [-0.4, -0.2) is 66.5 Å². The number of rotatable bonds is 13. The summed E-state index contributed by atoms with van der Waals surface area (Å²) in [6, 6.07) is 0. The predicted molar refractivity (Wildman–Crippen MR) is 93.6 cm³/mol. The fourth-order valence-corrected chi connectivity index (χ4v) is 2.43. The van der Waals surface area contributed by atoms with E-state index in [1.165, 1.54) is 0 Å². The molecule has 24 heavy (non-hydrogen) atoms. The number of esters is 1. The Hall–Kier alpha value is -1.40. The number of carbonyl (C=O) groups is 2. The molecule has 0 aliphatic carbocycles. The average molecular weight is 344 g/mol. The van der Waals surface area contributed by atoms with E-state index >= 15 is 0 Å². The van der Waals surface area contributed by atoms with E-state index in [9.17, 15) is 14.7 Å². The number of carbonyl (C=O) groups excluding carboxylic acids is 1. The second-order valence-electron chi connectivity index (χ2n) is 7.21. The Balaban J connectivity index is 4.16. The first-order valence-corrected chi connectivity index (χ1v) is 8.67. The molecule has 0 spiro atoms. The van der Waals surface area contributed by atoms with Gasteiger partial charge < -0.3 is 19.4 Å². The number of aliphatic carboxylic acids is 1. The Labute approximate surface area is 145 Å². The summed E-state index contributed by atoms with van der Waals surface area (Å²) in [5, 5.41) is 18.8. The van der Waals surface area contributed by atoms with Gasteiger partial charge in [0.25, 0.3) is 0 Å². The molecule has 0 amide bonds. The van der Waals surface area contributed by atoms with Crippen LogP contribution < -0.4 is 0 Å². The zero-order chi connectivity index (χ0) is 18.6. The topological polar surface area (TPSA) is 83.8 Å². The van der Waals surface area contributed by atoms with Crippen molar-refractivity contribution in [3.63, 3.8) is 0 Å². The number of allylic oxidation sites excluding steroid dienone is 2. The van der Waals surface area contributed by atoms with Crippen molar-refractivity contribution in [1.82, 2.24) is 0 Å². The molecule has 2 atom stereocenters. The molecular weight excluding hydrogens is 310 g/mol. The van der Waals surface area contributed by atoms with Crippen LogP contribution in [-0.2, 0) is 14.3 Å². The maximum absolute atomic E-state index is 11.9. The molecule has 0 aromatic heterocycles. The van der Waals surface area contributed by atoms with Crippen molar-refractivity contribution in [3.05, 3.63) is 12.2 Å². The lowest BCUT2D eigenvalue weighted by molar-refractivity contribution is -0.873. The number of likely N-dealkylation sites (N-methyl/N-ethyl adjacent to an activating group) is 1. The molecule has 0 saturated carbocycles. The number of unbranched alkanes of at least 4 members (excludes halogenated alkanes) is 4. The van der Waals surface area contributed by atoms with Crippen LogP contribution in [0.15, 0.2) is 12.2 Å². The van der Waals surface area contributed by atoms with E-state index in [0.717, 1.165) is 32.1 Å². The lowest BCUT2D eigenvalue weighted by Gasteiger charge is -2.28. The molecule has 0 aliphatic heterocycles. The van der Waals surface area contributed by atoms with Crippen LogP contribution in [0.3, 0.4) is 0 Å². The van der Waals surface area contributed by atoms with Crippen LogP contribution in [0, 0.1) is 0 Å². The van der Waals surface area contributed by atoms with E-state index in [4.69, 9.17) is 9.84 Å². The Morgan fingerprint density at radius 3 is 2.29 bits per heavy atom. The Morgan fingerprint density at radius 1 is 1.12 bits per heavy atom. The van der Waals surface area contributed by atoms with Crippen molar-refractivity contribution in [2.75, 3.05) is 27.7 Å².